The largest absolute Gasteiger partial charge is 0.497 e. The summed E-state index contributed by atoms with van der Waals surface area (Å²) >= 11 is 0. The third kappa shape index (κ3) is 4.74. The lowest BCUT2D eigenvalue weighted by molar-refractivity contribution is 0.251. The van der Waals surface area contributed by atoms with Crippen LogP contribution in [0.1, 0.15) is 6.92 Å². The highest BCUT2D eigenvalue weighted by molar-refractivity contribution is 5.89. The number of carbonyl (C=O) groups is 1. The van der Waals surface area contributed by atoms with Crippen LogP contribution in [0.25, 0.3) is 0 Å². The maximum atomic E-state index is 11.5. The molecule has 0 radical (unpaired) electrons. The molecule has 0 heterocycles. The maximum absolute atomic E-state index is 11.5. The van der Waals surface area contributed by atoms with E-state index in [0.29, 0.717) is 18.0 Å². The van der Waals surface area contributed by atoms with Gasteiger partial charge in [0.2, 0.25) is 0 Å². The number of benzene rings is 1. The van der Waals surface area contributed by atoms with E-state index in [1.165, 1.54) is 0 Å². The van der Waals surface area contributed by atoms with Gasteiger partial charge in [-0.15, -0.1) is 0 Å². The van der Waals surface area contributed by atoms with Crippen molar-refractivity contribution in [1.82, 2.24) is 10.6 Å². The Morgan fingerprint density at radius 3 is 2.88 bits per heavy atom. The monoisotopic (exact) mass is 237 g/mol. The minimum atomic E-state index is -0.222. The Bertz CT molecular complexity index is 369. The highest BCUT2D eigenvalue weighted by atomic mass is 16.5. The third-order valence-corrected chi connectivity index (χ3v) is 2.39. The fraction of sp³-hybridized carbons (Fsp3) is 0.417. The van der Waals surface area contributed by atoms with Crippen LogP contribution < -0.4 is 20.7 Å². The first-order valence-corrected chi connectivity index (χ1v) is 5.52. The minimum Gasteiger partial charge on any atom is -0.497 e. The van der Waals surface area contributed by atoms with Crippen LogP contribution in [0.15, 0.2) is 24.3 Å². The molecule has 1 aromatic rings. The molecule has 0 spiro atoms. The molecule has 0 bridgehead atoms. The Morgan fingerprint density at radius 2 is 2.24 bits per heavy atom. The first kappa shape index (κ1) is 13.3. The average molecular weight is 237 g/mol. The van der Waals surface area contributed by atoms with Gasteiger partial charge in [0.25, 0.3) is 0 Å². The Labute approximate surface area is 102 Å². The van der Waals surface area contributed by atoms with E-state index in [2.05, 4.69) is 16.0 Å². The number of urea groups is 1. The molecule has 0 fully saturated rings. The zero-order valence-electron chi connectivity index (χ0n) is 10.4. The molecule has 94 valence electrons. The van der Waals surface area contributed by atoms with Gasteiger partial charge >= 0.3 is 6.03 Å². The van der Waals surface area contributed by atoms with Gasteiger partial charge in [0, 0.05) is 24.3 Å². The summed E-state index contributed by atoms with van der Waals surface area (Å²) < 4.78 is 5.07. The van der Waals surface area contributed by atoms with E-state index in [4.69, 9.17) is 4.74 Å². The second-order valence-corrected chi connectivity index (χ2v) is 3.76. The van der Waals surface area contributed by atoms with Crippen LogP contribution in [0.4, 0.5) is 10.5 Å². The van der Waals surface area contributed by atoms with Gasteiger partial charge in [-0.2, -0.15) is 0 Å². The summed E-state index contributed by atoms with van der Waals surface area (Å²) in [6, 6.07) is 7.24. The number of hydrogen-bond acceptors (Lipinski definition) is 3. The summed E-state index contributed by atoms with van der Waals surface area (Å²) in [6.07, 6.45) is 0. The van der Waals surface area contributed by atoms with Gasteiger partial charge in [0.15, 0.2) is 0 Å². The Balaban J connectivity index is 2.44. The summed E-state index contributed by atoms with van der Waals surface area (Å²) in [5, 5.41) is 8.54. The van der Waals surface area contributed by atoms with E-state index in [0.717, 1.165) is 0 Å². The molecular weight excluding hydrogens is 218 g/mol. The predicted molar refractivity (Wildman–Crippen MR) is 68.5 cm³/mol. The standard InChI is InChI=1S/C12H19N3O2/c1-9(13-2)8-14-12(16)15-10-5-4-6-11(7-10)17-3/h4-7,9,13H,8H2,1-3H3,(H2,14,15,16). The van der Waals surface area contributed by atoms with Crippen molar-refractivity contribution in [2.45, 2.75) is 13.0 Å². The normalized spacial score (nSPS) is 11.7. The van der Waals surface area contributed by atoms with Crippen molar-refractivity contribution in [3.05, 3.63) is 24.3 Å². The minimum absolute atomic E-state index is 0.222. The van der Waals surface area contributed by atoms with Gasteiger partial charge in [0.05, 0.1) is 7.11 Å². The number of ether oxygens (including phenoxy) is 1. The molecule has 1 unspecified atom stereocenters. The van der Waals surface area contributed by atoms with E-state index in [1.54, 1.807) is 13.2 Å². The zero-order chi connectivity index (χ0) is 12.7. The number of likely N-dealkylation sites (N-methyl/N-ethyl adjacent to an activating group) is 1. The maximum Gasteiger partial charge on any atom is 0.319 e. The van der Waals surface area contributed by atoms with Crippen LogP contribution in [0.2, 0.25) is 0 Å². The average Bonchev–Trinajstić information content (AvgIpc) is 2.36. The lowest BCUT2D eigenvalue weighted by Crippen LogP contribution is -2.39. The lowest BCUT2D eigenvalue weighted by Gasteiger charge is -2.12. The van der Waals surface area contributed by atoms with Crippen molar-refractivity contribution in [1.29, 1.82) is 0 Å². The van der Waals surface area contributed by atoms with Crippen molar-refractivity contribution < 1.29 is 9.53 Å². The number of methoxy groups -OCH3 is 1. The summed E-state index contributed by atoms with van der Waals surface area (Å²) in [6.45, 7) is 2.57. The van der Waals surface area contributed by atoms with Crippen LogP contribution >= 0.6 is 0 Å². The topological polar surface area (TPSA) is 62.4 Å². The second kappa shape index (κ2) is 6.75. The van der Waals surface area contributed by atoms with Crippen molar-refractivity contribution in [3.8, 4) is 5.75 Å². The van der Waals surface area contributed by atoms with Crippen LogP contribution in [-0.4, -0.2) is 32.8 Å². The molecule has 1 rings (SSSR count). The second-order valence-electron chi connectivity index (χ2n) is 3.76. The quantitative estimate of drug-likeness (QED) is 0.726. The number of rotatable bonds is 5. The van der Waals surface area contributed by atoms with Crippen molar-refractivity contribution in [3.63, 3.8) is 0 Å². The fourth-order valence-corrected chi connectivity index (χ4v) is 1.22. The highest BCUT2D eigenvalue weighted by Gasteiger charge is 2.04. The Morgan fingerprint density at radius 1 is 1.47 bits per heavy atom. The molecule has 5 heteroatoms. The van der Waals surface area contributed by atoms with Crippen molar-refractivity contribution >= 4 is 11.7 Å². The van der Waals surface area contributed by atoms with Crippen molar-refractivity contribution in [2.75, 3.05) is 26.0 Å². The number of anilines is 1. The summed E-state index contributed by atoms with van der Waals surface area (Å²) in [5.41, 5.74) is 0.707. The van der Waals surface area contributed by atoms with Crippen LogP contribution in [0, 0.1) is 0 Å². The summed E-state index contributed by atoms with van der Waals surface area (Å²) in [7, 11) is 3.44. The molecular formula is C12H19N3O2. The summed E-state index contributed by atoms with van der Waals surface area (Å²) in [4.78, 5) is 11.5. The first-order chi connectivity index (χ1) is 8.15. The van der Waals surface area contributed by atoms with Crippen LogP contribution in [0.5, 0.6) is 5.75 Å². The molecule has 0 aromatic heterocycles. The molecule has 0 aliphatic heterocycles. The van der Waals surface area contributed by atoms with Gasteiger partial charge in [-0.25, -0.2) is 4.79 Å². The Kier molecular flexibility index (Phi) is 5.29. The fourth-order valence-electron chi connectivity index (χ4n) is 1.22. The van der Waals surface area contributed by atoms with E-state index in [9.17, 15) is 4.79 Å². The Hall–Kier alpha value is -1.75. The number of amides is 2. The van der Waals surface area contributed by atoms with Gasteiger partial charge in [-0.3, -0.25) is 0 Å². The van der Waals surface area contributed by atoms with E-state index < -0.39 is 0 Å². The molecule has 3 N–H and O–H groups in total. The van der Waals surface area contributed by atoms with E-state index >= 15 is 0 Å². The molecule has 17 heavy (non-hydrogen) atoms. The van der Waals surface area contributed by atoms with E-state index in [-0.39, 0.29) is 12.1 Å². The zero-order valence-corrected chi connectivity index (χ0v) is 10.4. The highest BCUT2D eigenvalue weighted by Crippen LogP contribution is 2.16. The molecule has 0 saturated carbocycles. The van der Waals surface area contributed by atoms with Crippen LogP contribution in [-0.2, 0) is 0 Å². The van der Waals surface area contributed by atoms with Crippen LogP contribution in [0.3, 0.4) is 0 Å². The first-order valence-electron chi connectivity index (χ1n) is 5.52. The molecule has 1 aromatic carbocycles. The summed E-state index contributed by atoms with van der Waals surface area (Å²) in [5.74, 6) is 0.714. The SMILES string of the molecule is CNC(C)CNC(=O)Nc1cccc(OC)c1. The molecule has 2 amide bonds. The number of nitrogens with one attached hydrogen (secondary N) is 3. The molecule has 0 saturated heterocycles. The predicted octanol–water partition coefficient (Wildman–Crippen LogP) is 1.42. The van der Waals surface area contributed by atoms with Gasteiger partial charge in [-0.05, 0) is 26.1 Å². The molecule has 0 aliphatic rings. The van der Waals surface area contributed by atoms with Gasteiger partial charge in [-0.1, -0.05) is 6.07 Å². The molecule has 0 aliphatic carbocycles. The smallest absolute Gasteiger partial charge is 0.319 e. The lowest BCUT2D eigenvalue weighted by atomic mass is 10.3. The van der Waals surface area contributed by atoms with Gasteiger partial charge in [0.1, 0.15) is 5.75 Å². The van der Waals surface area contributed by atoms with E-state index in [1.807, 2.05) is 32.2 Å². The molecule has 5 nitrogen and oxygen atoms in total. The third-order valence-electron chi connectivity index (χ3n) is 2.39. The number of hydrogen-bond donors (Lipinski definition) is 3. The number of carbonyl (C=O) groups excluding carboxylic acids is 1. The van der Waals surface area contributed by atoms with Gasteiger partial charge < -0.3 is 20.7 Å². The van der Waals surface area contributed by atoms with Crippen molar-refractivity contribution in [2.24, 2.45) is 0 Å². The molecule has 1 atom stereocenters.